The first kappa shape index (κ1) is 21.5. The Hall–Kier alpha value is -1.79. The van der Waals surface area contributed by atoms with Crippen LogP contribution in [-0.2, 0) is 14.8 Å². The van der Waals surface area contributed by atoms with E-state index in [4.69, 9.17) is 9.84 Å². The van der Waals surface area contributed by atoms with E-state index in [0.717, 1.165) is 0 Å². The van der Waals surface area contributed by atoms with Gasteiger partial charge in [-0.05, 0) is 47.1 Å². The fourth-order valence-corrected chi connectivity index (χ4v) is 3.33. The van der Waals surface area contributed by atoms with Crippen molar-refractivity contribution in [3.8, 4) is 0 Å². The number of nitrogens with zero attached hydrogens (tertiary/aromatic N) is 2. The van der Waals surface area contributed by atoms with Crippen molar-refractivity contribution >= 4 is 43.4 Å². The Balaban J connectivity index is 2.09. The molecule has 0 unspecified atom stereocenters. The Morgan fingerprint density at radius 3 is 2.63 bits per heavy atom. The first-order valence-corrected chi connectivity index (χ1v) is 10.4. The first-order valence-electron chi connectivity index (χ1n) is 8.11. The van der Waals surface area contributed by atoms with Crippen molar-refractivity contribution in [3.05, 3.63) is 34.9 Å². The first-order chi connectivity index (χ1) is 12.9. The van der Waals surface area contributed by atoms with E-state index in [1.165, 1.54) is 19.2 Å². The van der Waals surface area contributed by atoms with Gasteiger partial charge in [-0.3, -0.25) is 0 Å². The molecule has 0 radical (unpaired) electrons. The minimum Gasteiger partial charge on any atom is -0.394 e. The maximum Gasteiger partial charge on any atom is 0.240 e. The molecule has 0 amide bonds. The second-order valence-corrected chi connectivity index (χ2v) is 8.28. The number of nitrogens with one attached hydrogen (secondary N) is 3. The van der Waals surface area contributed by atoms with Crippen LogP contribution in [0.2, 0.25) is 0 Å². The topological polar surface area (TPSA) is 125 Å². The molecule has 27 heavy (non-hydrogen) atoms. The molecule has 2 rings (SSSR count). The maximum absolute atomic E-state index is 12.1. The van der Waals surface area contributed by atoms with Crippen LogP contribution in [-0.4, -0.2) is 56.4 Å². The molecule has 4 N–H and O–H groups in total. The van der Waals surface area contributed by atoms with Crippen molar-refractivity contribution in [2.24, 2.45) is 0 Å². The zero-order valence-electron chi connectivity index (χ0n) is 14.9. The van der Waals surface area contributed by atoms with Gasteiger partial charge in [0.2, 0.25) is 16.0 Å². The summed E-state index contributed by atoms with van der Waals surface area (Å²) in [7, 11) is -2.08. The van der Waals surface area contributed by atoms with Gasteiger partial charge in [0.05, 0.1) is 22.6 Å². The molecule has 11 heteroatoms. The molecule has 1 heterocycles. The largest absolute Gasteiger partial charge is 0.394 e. The molecule has 0 aliphatic rings. The molecular weight excluding hydrogens is 438 g/mol. The molecule has 0 bridgehead atoms. The normalized spacial score (nSPS) is 12.6. The van der Waals surface area contributed by atoms with E-state index < -0.39 is 10.0 Å². The minimum absolute atomic E-state index is 0.0342. The third kappa shape index (κ3) is 6.40. The summed E-state index contributed by atoms with van der Waals surface area (Å²) in [5.41, 5.74) is 0.634. The Labute approximate surface area is 166 Å². The van der Waals surface area contributed by atoms with Gasteiger partial charge in [0.25, 0.3) is 0 Å². The highest BCUT2D eigenvalue weighted by Crippen LogP contribution is 2.23. The van der Waals surface area contributed by atoms with Crippen molar-refractivity contribution in [2.45, 2.75) is 17.9 Å². The molecule has 1 aromatic carbocycles. The lowest BCUT2D eigenvalue weighted by molar-refractivity contribution is 0.204. The summed E-state index contributed by atoms with van der Waals surface area (Å²) in [5.74, 6) is 0.871. The lowest BCUT2D eigenvalue weighted by Gasteiger charge is -2.14. The summed E-state index contributed by atoms with van der Waals surface area (Å²) in [4.78, 5) is 8.67. The van der Waals surface area contributed by atoms with Crippen LogP contribution in [0.4, 0.5) is 17.5 Å². The van der Waals surface area contributed by atoms with E-state index in [-0.39, 0.29) is 24.1 Å². The standard InChI is InChI=1S/C16H22BrN5O4S/c1-11(10-23)20-15-14(17)9-18-16(22-15)21-12-3-5-13(6-4-12)27(24,25)19-7-8-26-2/h3-6,9,11,19,23H,7-8,10H2,1-2H3,(H2,18,20,21,22)/t11-/m1/s1. The van der Waals surface area contributed by atoms with Crippen LogP contribution in [0.25, 0.3) is 0 Å². The predicted molar refractivity (Wildman–Crippen MR) is 107 cm³/mol. The number of anilines is 3. The number of rotatable bonds is 10. The van der Waals surface area contributed by atoms with Crippen LogP contribution in [0, 0.1) is 0 Å². The van der Waals surface area contributed by atoms with Gasteiger partial charge in [-0.1, -0.05) is 0 Å². The quantitative estimate of drug-likeness (QED) is 0.395. The molecule has 0 saturated carbocycles. The molecule has 148 valence electrons. The van der Waals surface area contributed by atoms with E-state index in [2.05, 4.69) is 41.3 Å². The highest BCUT2D eigenvalue weighted by Gasteiger charge is 2.13. The summed E-state index contributed by atoms with van der Waals surface area (Å²) in [6.07, 6.45) is 1.58. The van der Waals surface area contributed by atoms with Gasteiger partial charge in [-0.15, -0.1) is 0 Å². The van der Waals surface area contributed by atoms with Gasteiger partial charge in [0, 0.05) is 31.6 Å². The molecule has 0 aliphatic carbocycles. The van der Waals surface area contributed by atoms with Gasteiger partial charge < -0.3 is 20.5 Å². The molecule has 0 saturated heterocycles. The van der Waals surface area contributed by atoms with Gasteiger partial charge in [-0.2, -0.15) is 4.98 Å². The van der Waals surface area contributed by atoms with Gasteiger partial charge >= 0.3 is 0 Å². The van der Waals surface area contributed by atoms with Crippen LogP contribution in [0.15, 0.2) is 39.8 Å². The number of aliphatic hydroxyl groups is 1. The summed E-state index contributed by atoms with van der Waals surface area (Å²) < 4.78 is 32.2. The van der Waals surface area contributed by atoms with E-state index in [1.807, 2.05) is 6.92 Å². The monoisotopic (exact) mass is 459 g/mol. The average molecular weight is 460 g/mol. The van der Waals surface area contributed by atoms with E-state index in [9.17, 15) is 8.42 Å². The molecule has 9 nitrogen and oxygen atoms in total. The van der Waals surface area contributed by atoms with Crippen LogP contribution in [0.1, 0.15) is 6.92 Å². The SMILES string of the molecule is COCCNS(=O)(=O)c1ccc(Nc2ncc(Br)c(N[C@H](C)CO)n2)cc1. The molecule has 0 spiro atoms. The number of ether oxygens (including phenoxy) is 1. The third-order valence-electron chi connectivity index (χ3n) is 3.42. The van der Waals surface area contributed by atoms with Crippen molar-refractivity contribution in [1.29, 1.82) is 0 Å². The number of halogens is 1. The predicted octanol–water partition coefficient (Wildman–Crippen LogP) is 1.70. The number of sulfonamides is 1. The summed E-state index contributed by atoms with van der Waals surface area (Å²) in [5, 5.41) is 15.2. The number of hydrogen-bond donors (Lipinski definition) is 4. The number of hydrogen-bond acceptors (Lipinski definition) is 8. The Kier molecular flexibility index (Phi) is 7.92. The Bertz CT molecular complexity index is 848. The summed E-state index contributed by atoms with van der Waals surface area (Å²) in [6.45, 7) is 2.29. The zero-order chi connectivity index (χ0) is 19.9. The minimum atomic E-state index is -3.58. The Morgan fingerprint density at radius 1 is 1.30 bits per heavy atom. The zero-order valence-corrected chi connectivity index (χ0v) is 17.3. The van der Waals surface area contributed by atoms with Crippen molar-refractivity contribution in [2.75, 3.05) is 37.5 Å². The maximum atomic E-state index is 12.1. The van der Waals surface area contributed by atoms with Crippen LogP contribution in [0.3, 0.4) is 0 Å². The van der Waals surface area contributed by atoms with Crippen LogP contribution >= 0.6 is 15.9 Å². The third-order valence-corrected chi connectivity index (χ3v) is 5.48. The van der Waals surface area contributed by atoms with Gasteiger partial charge in [0.1, 0.15) is 5.82 Å². The van der Waals surface area contributed by atoms with E-state index in [0.29, 0.717) is 28.5 Å². The Morgan fingerprint density at radius 2 is 2.00 bits per heavy atom. The molecule has 1 aromatic heterocycles. The van der Waals surface area contributed by atoms with Crippen molar-refractivity contribution < 1.29 is 18.3 Å². The van der Waals surface area contributed by atoms with Crippen LogP contribution < -0.4 is 15.4 Å². The van der Waals surface area contributed by atoms with Crippen molar-refractivity contribution in [1.82, 2.24) is 14.7 Å². The van der Waals surface area contributed by atoms with Gasteiger partial charge in [-0.25, -0.2) is 18.1 Å². The fraction of sp³-hybridized carbons (Fsp3) is 0.375. The highest BCUT2D eigenvalue weighted by molar-refractivity contribution is 9.10. The van der Waals surface area contributed by atoms with Gasteiger partial charge in [0.15, 0.2) is 0 Å². The molecular formula is C16H22BrN5O4S. The summed E-state index contributed by atoms with van der Waals surface area (Å²) in [6, 6.07) is 6.06. The average Bonchev–Trinajstić information content (AvgIpc) is 2.65. The second-order valence-electron chi connectivity index (χ2n) is 5.66. The van der Waals surface area contributed by atoms with E-state index in [1.54, 1.807) is 18.3 Å². The van der Waals surface area contributed by atoms with E-state index >= 15 is 0 Å². The number of benzene rings is 1. The number of aromatic nitrogens is 2. The second kappa shape index (κ2) is 9.95. The number of methoxy groups -OCH3 is 1. The lowest BCUT2D eigenvalue weighted by Crippen LogP contribution is -2.27. The van der Waals surface area contributed by atoms with Crippen LogP contribution in [0.5, 0.6) is 0 Å². The molecule has 2 aromatic rings. The van der Waals surface area contributed by atoms with Crippen molar-refractivity contribution in [3.63, 3.8) is 0 Å². The molecule has 0 aliphatic heterocycles. The molecule has 1 atom stereocenters. The molecule has 0 fully saturated rings. The highest BCUT2D eigenvalue weighted by atomic mass is 79.9. The lowest BCUT2D eigenvalue weighted by atomic mass is 10.3. The fourth-order valence-electron chi connectivity index (χ4n) is 2.02. The summed E-state index contributed by atoms with van der Waals surface area (Å²) >= 11 is 3.35. The number of aliphatic hydroxyl groups excluding tert-OH is 1. The smallest absolute Gasteiger partial charge is 0.240 e.